The van der Waals surface area contributed by atoms with Crippen LogP contribution in [0.4, 0.5) is 18.9 Å². The fourth-order valence-electron chi connectivity index (χ4n) is 2.36. The number of nitrogens with one attached hydrogen (secondary N) is 1. The molecule has 0 spiro atoms. The molecule has 0 aliphatic rings. The third-order valence-electron chi connectivity index (χ3n) is 3.80. The molecule has 0 aliphatic carbocycles. The number of amides is 1. The molecule has 0 saturated heterocycles. The Morgan fingerprint density at radius 3 is 2.85 bits per heavy atom. The average Bonchev–Trinajstić information content (AvgIpc) is 2.93. The molecule has 1 N–H and O–H groups in total. The summed E-state index contributed by atoms with van der Waals surface area (Å²) in [6, 6.07) is 3.29. The van der Waals surface area contributed by atoms with E-state index in [1.807, 2.05) is 6.92 Å². The predicted molar refractivity (Wildman–Crippen MR) is 97.7 cm³/mol. The predicted octanol–water partition coefficient (Wildman–Crippen LogP) is 3.61. The van der Waals surface area contributed by atoms with Crippen LogP contribution in [0.25, 0.3) is 5.69 Å². The molecule has 10 heteroatoms. The van der Waals surface area contributed by atoms with Gasteiger partial charge in [-0.05, 0) is 19.4 Å². The summed E-state index contributed by atoms with van der Waals surface area (Å²) < 4.78 is 38.9. The first-order valence-corrected chi connectivity index (χ1v) is 9.46. The van der Waals surface area contributed by atoms with Crippen LogP contribution in [0, 0.1) is 12.1 Å². The number of rotatable bonds is 8. The Balaban J connectivity index is 1.95. The second kappa shape index (κ2) is 9.12. The van der Waals surface area contributed by atoms with E-state index < -0.39 is 12.6 Å². The molecule has 1 unspecified atom stereocenters. The van der Waals surface area contributed by atoms with Crippen LogP contribution in [0.1, 0.15) is 31.9 Å². The summed E-state index contributed by atoms with van der Waals surface area (Å²) in [5, 5.41) is 18.2. The molecule has 1 atom stereocenters. The van der Waals surface area contributed by atoms with E-state index in [4.69, 9.17) is 0 Å². The van der Waals surface area contributed by atoms with Gasteiger partial charge in [0.05, 0.1) is 24.0 Å². The van der Waals surface area contributed by atoms with Gasteiger partial charge in [-0.15, -0.1) is 0 Å². The summed E-state index contributed by atoms with van der Waals surface area (Å²) in [6.45, 7) is 3.56. The monoisotopic (exact) mass is 402 g/mol. The molecular formula is C17H21F3N4O2S. The molecule has 2 aromatic rings. The summed E-state index contributed by atoms with van der Waals surface area (Å²) in [4.78, 5) is 12.3. The maximum atomic E-state index is 12.3. The Hall–Kier alpha value is -2.23. The van der Waals surface area contributed by atoms with E-state index in [0.717, 1.165) is 11.8 Å². The van der Waals surface area contributed by atoms with Gasteiger partial charge in [-0.2, -0.15) is 34.8 Å². The largest absolute Gasteiger partial charge is 0.619 e. The molecule has 0 fully saturated rings. The summed E-state index contributed by atoms with van der Waals surface area (Å²) >= 11 is 1.16. The molecule has 148 valence electrons. The standard InChI is InChI=1S/C17H21F3N4O2S/c1-3-14(27-8-6-17(18,19)20)9-16(25)21-15-11-24(22-12(15)2)13-5-4-7-23(26)10-13/h4-5,7,10-11,14H,3,6,8-9H2,1-2H3,(H,21,25). The Morgan fingerprint density at radius 2 is 2.22 bits per heavy atom. The van der Waals surface area contributed by atoms with Crippen LogP contribution in [0.5, 0.6) is 0 Å². The molecule has 0 radical (unpaired) electrons. The van der Waals surface area contributed by atoms with Crippen molar-refractivity contribution in [1.29, 1.82) is 0 Å². The first-order chi connectivity index (χ1) is 12.7. The van der Waals surface area contributed by atoms with Crippen LogP contribution in [0.2, 0.25) is 0 Å². The number of carbonyl (C=O) groups is 1. The maximum Gasteiger partial charge on any atom is 0.389 e. The molecule has 0 bridgehead atoms. The molecule has 2 rings (SSSR count). The number of hydrogen-bond acceptors (Lipinski definition) is 4. The zero-order valence-electron chi connectivity index (χ0n) is 15.0. The van der Waals surface area contributed by atoms with Crippen molar-refractivity contribution in [2.45, 2.75) is 44.5 Å². The minimum atomic E-state index is -4.18. The third kappa shape index (κ3) is 6.78. The summed E-state index contributed by atoms with van der Waals surface area (Å²) in [5.74, 6) is -0.342. The quantitative estimate of drug-likeness (QED) is 0.541. The minimum Gasteiger partial charge on any atom is -0.619 e. The normalized spacial score (nSPS) is 12.8. The van der Waals surface area contributed by atoms with Crippen LogP contribution in [0.15, 0.2) is 30.7 Å². The highest BCUT2D eigenvalue weighted by atomic mass is 32.2. The summed E-state index contributed by atoms with van der Waals surface area (Å²) in [5.41, 5.74) is 1.61. The lowest BCUT2D eigenvalue weighted by molar-refractivity contribution is -0.605. The fraction of sp³-hybridized carbons (Fsp3) is 0.471. The van der Waals surface area contributed by atoms with Gasteiger partial charge < -0.3 is 10.5 Å². The number of thioether (sulfide) groups is 1. The van der Waals surface area contributed by atoms with Gasteiger partial charge in [-0.25, -0.2) is 4.68 Å². The number of aryl methyl sites for hydroxylation is 1. The van der Waals surface area contributed by atoms with Crippen molar-refractivity contribution in [2.75, 3.05) is 11.1 Å². The van der Waals surface area contributed by atoms with Crippen molar-refractivity contribution in [3.8, 4) is 5.69 Å². The van der Waals surface area contributed by atoms with Crippen LogP contribution in [-0.2, 0) is 4.79 Å². The summed E-state index contributed by atoms with van der Waals surface area (Å²) in [7, 11) is 0. The molecule has 6 nitrogen and oxygen atoms in total. The first-order valence-electron chi connectivity index (χ1n) is 8.41. The zero-order chi connectivity index (χ0) is 20.0. The van der Waals surface area contributed by atoms with Crippen LogP contribution in [-0.4, -0.2) is 32.9 Å². The van der Waals surface area contributed by atoms with E-state index in [-0.39, 0.29) is 23.3 Å². The molecule has 0 aliphatic heterocycles. The number of carbonyl (C=O) groups excluding carboxylic acids is 1. The topological polar surface area (TPSA) is 73.9 Å². The number of anilines is 1. The van der Waals surface area contributed by atoms with Crippen molar-refractivity contribution in [2.24, 2.45) is 0 Å². The van der Waals surface area contributed by atoms with Crippen molar-refractivity contribution in [3.05, 3.63) is 41.6 Å². The lowest BCUT2D eigenvalue weighted by Crippen LogP contribution is -2.25. The Bertz CT molecular complexity index is 780. The highest BCUT2D eigenvalue weighted by molar-refractivity contribution is 7.99. The molecule has 0 saturated carbocycles. The van der Waals surface area contributed by atoms with Gasteiger partial charge >= 0.3 is 6.18 Å². The number of aromatic nitrogens is 3. The van der Waals surface area contributed by atoms with Gasteiger partial charge in [0.15, 0.2) is 6.20 Å². The third-order valence-corrected chi connectivity index (χ3v) is 5.22. The lowest BCUT2D eigenvalue weighted by atomic mass is 10.2. The number of hydrogen-bond donors (Lipinski definition) is 1. The van der Waals surface area contributed by atoms with Crippen LogP contribution >= 0.6 is 11.8 Å². The molecule has 1 amide bonds. The van der Waals surface area contributed by atoms with Crippen LogP contribution < -0.4 is 10.0 Å². The van der Waals surface area contributed by atoms with Gasteiger partial charge in [-0.1, -0.05) is 6.92 Å². The fourth-order valence-corrected chi connectivity index (χ4v) is 3.55. The van der Waals surface area contributed by atoms with E-state index in [0.29, 0.717) is 28.2 Å². The van der Waals surface area contributed by atoms with Gasteiger partial charge in [-0.3, -0.25) is 4.79 Å². The second-order valence-electron chi connectivity index (χ2n) is 6.01. The highest BCUT2D eigenvalue weighted by Crippen LogP contribution is 2.26. The van der Waals surface area contributed by atoms with Gasteiger partial charge in [0, 0.05) is 23.5 Å². The van der Waals surface area contributed by atoms with E-state index in [9.17, 15) is 23.2 Å². The molecular weight excluding hydrogens is 381 g/mol. The van der Waals surface area contributed by atoms with Crippen molar-refractivity contribution >= 4 is 23.4 Å². The zero-order valence-corrected chi connectivity index (χ0v) is 15.8. The number of pyridine rings is 1. The minimum absolute atomic E-state index is 0.0601. The average molecular weight is 402 g/mol. The number of halogens is 3. The van der Waals surface area contributed by atoms with Crippen LogP contribution in [0.3, 0.4) is 0 Å². The van der Waals surface area contributed by atoms with Crippen molar-refractivity contribution in [1.82, 2.24) is 9.78 Å². The van der Waals surface area contributed by atoms with E-state index in [1.54, 1.807) is 25.3 Å². The van der Waals surface area contributed by atoms with Gasteiger partial charge in [0.25, 0.3) is 0 Å². The van der Waals surface area contributed by atoms with E-state index in [1.165, 1.54) is 17.1 Å². The number of alkyl halides is 3. The molecule has 2 aromatic heterocycles. The van der Waals surface area contributed by atoms with Crippen molar-refractivity contribution in [3.63, 3.8) is 0 Å². The number of nitrogens with zero attached hydrogens (tertiary/aromatic N) is 3. The lowest BCUT2D eigenvalue weighted by Gasteiger charge is -2.15. The second-order valence-corrected chi connectivity index (χ2v) is 7.42. The van der Waals surface area contributed by atoms with E-state index in [2.05, 4.69) is 10.4 Å². The van der Waals surface area contributed by atoms with Gasteiger partial charge in [0.2, 0.25) is 12.1 Å². The maximum absolute atomic E-state index is 12.3. The SMILES string of the molecule is CCC(CC(=O)Nc1cn(-c2ccc[n+]([O-])c2)nc1C)SCCC(F)(F)F. The Labute approximate surface area is 159 Å². The molecule has 0 aromatic carbocycles. The first kappa shape index (κ1) is 21.1. The van der Waals surface area contributed by atoms with E-state index >= 15 is 0 Å². The molecule has 27 heavy (non-hydrogen) atoms. The summed E-state index contributed by atoms with van der Waals surface area (Å²) in [6.07, 6.45) is -0.0265. The molecule has 2 heterocycles. The Morgan fingerprint density at radius 1 is 1.48 bits per heavy atom. The van der Waals surface area contributed by atoms with Gasteiger partial charge in [0.1, 0.15) is 5.69 Å². The van der Waals surface area contributed by atoms with Crippen molar-refractivity contribution < 1.29 is 22.7 Å². The highest BCUT2D eigenvalue weighted by Gasteiger charge is 2.27. The smallest absolute Gasteiger partial charge is 0.389 e. The Kier molecular flexibility index (Phi) is 7.11.